The van der Waals surface area contributed by atoms with E-state index in [4.69, 9.17) is 18.0 Å². The van der Waals surface area contributed by atoms with E-state index in [9.17, 15) is 0 Å². The molecule has 0 radical (unpaired) electrons. The van der Waals surface area contributed by atoms with Crippen molar-refractivity contribution in [3.8, 4) is 0 Å². The highest BCUT2D eigenvalue weighted by atomic mass is 32.1. The van der Waals surface area contributed by atoms with E-state index in [-0.39, 0.29) is 0 Å². The number of aryl methyl sites for hydroxylation is 2. The highest BCUT2D eigenvalue weighted by molar-refractivity contribution is 7.80. The maximum Gasteiger partial charge on any atom is 0.136 e. The van der Waals surface area contributed by atoms with Gasteiger partial charge in [-0.25, -0.2) is 0 Å². The van der Waals surface area contributed by atoms with Gasteiger partial charge in [-0.05, 0) is 6.92 Å². The van der Waals surface area contributed by atoms with E-state index >= 15 is 0 Å². The zero-order chi connectivity index (χ0) is 10.2. The molecule has 0 bridgehead atoms. The van der Waals surface area contributed by atoms with Crippen molar-refractivity contribution in [1.82, 2.24) is 9.78 Å². The molecule has 0 aliphatic rings. The van der Waals surface area contributed by atoms with Crippen LogP contribution in [0.25, 0.3) is 0 Å². The number of aromatic nitrogens is 2. The van der Waals surface area contributed by atoms with Crippen LogP contribution in [0.4, 0.5) is 5.82 Å². The molecule has 0 aliphatic carbocycles. The Labute approximate surface area is 83.3 Å². The van der Waals surface area contributed by atoms with Gasteiger partial charge in [0.05, 0.1) is 11.3 Å². The van der Waals surface area contributed by atoms with Crippen LogP contribution in [0.3, 0.4) is 0 Å². The number of hydrogen-bond acceptors (Lipinski definition) is 3. The number of nitrogens with two attached hydrogens (primary N) is 1. The van der Waals surface area contributed by atoms with Crippen LogP contribution in [0.5, 0.6) is 0 Å². The predicted octanol–water partition coefficient (Wildman–Crippen LogP) is 0.429. The summed E-state index contributed by atoms with van der Waals surface area (Å²) in [7, 11) is 5.76. The van der Waals surface area contributed by atoms with Gasteiger partial charge in [-0.3, -0.25) is 4.68 Å². The van der Waals surface area contributed by atoms with Crippen molar-refractivity contribution in [1.29, 1.82) is 0 Å². The fourth-order valence-corrected chi connectivity index (χ4v) is 1.69. The normalized spacial score (nSPS) is 10.2. The summed E-state index contributed by atoms with van der Waals surface area (Å²) >= 11 is 4.97. The standard InChI is InChI=1S/C8H14N4S/c1-5-6(7(9)13)8(11(2)3)12(4)10-5/h1-4H3,(H2,9,13). The maximum absolute atomic E-state index is 5.62. The molecule has 0 saturated heterocycles. The van der Waals surface area contributed by atoms with E-state index in [0.29, 0.717) is 4.99 Å². The summed E-state index contributed by atoms with van der Waals surface area (Å²) in [5.41, 5.74) is 7.36. The van der Waals surface area contributed by atoms with E-state index in [0.717, 1.165) is 17.1 Å². The Balaban J connectivity index is 3.38. The van der Waals surface area contributed by atoms with Gasteiger partial charge in [0.2, 0.25) is 0 Å². The van der Waals surface area contributed by atoms with Crippen LogP contribution in [-0.2, 0) is 7.05 Å². The molecule has 72 valence electrons. The summed E-state index contributed by atoms with van der Waals surface area (Å²) in [6, 6.07) is 0. The van der Waals surface area contributed by atoms with Crippen molar-refractivity contribution >= 4 is 23.0 Å². The molecule has 0 atom stereocenters. The highest BCUT2D eigenvalue weighted by Crippen LogP contribution is 2.20. The topological polar surface area (TPSA) is 47.1 Å². The number of anilines is 1. The third kappa shape index (κ3) is 1.65. The summed E-state index contributed by atoms with van der Waals surface area (Å²) in [5.74, 6) is 0.949. The molecule has 0 spiro atoms. The van der Waals surface area contributed by atoms with Crippen molar-refractivity contribution in [3.05, 3.63) is 11.3 Å². The van der Waals surface area contributed by atoms with Gasteiger partial charge in [0.15, 0.2) is 0 Å². The van der Waals surface area contributed by atoms with Crippen LogP contribution < -0.4 is 10.6 Å². The van der Waals surface area contributed by atoms with Gasteiger partial charge < -0.3 is 10.6 Å². The second kappa shape index (κ2) is 3.33. The zero-order valence-corrected chi connectivity index (χ0v) is 9.14. The summed E-state index contributed by atoms with van der Waals surface area (Å²) < 4.78 is 1.78. The lowest BCUT2D eigenvalue weighted by atomic mass is 10.2. The van der Waals surface area contributed by atoms with E-state index in [2.05, 4.69) is 5.10 Å². The number of rotatable bonds is 2. The van der Waals surface area contributed by atoms with Crippen LogP contribution in [0, 0.1) is 6.92 Å². The molecule has 0 saturated carbocycles. The van der Waals surface area contributed by atoms with Crippen LogP contribution in [0.2, 0.25) is 0 Å². The third-order valence-electron chi connectivity index (χ3n) is 1.86. The monoisotopic (exact) mass is 198 g/mol. The fourth-order valence-electron chi connectivity index (χ4n) is 1.45. The van der Waals surface area contributed by atoms with Gasteiger partial charge >= 0.3 is 0 Å². The molecule has 0 amide bonds. The van der Waals surface area contributed by atoms with Crippen molar-refractivity contribution in [3.63, 3.8) is 0 Å². The molecule has 0 unspecified atom stereocenters. The first-order valence-electron chi connectivity index (χ1n) is 3.96. The first-order chi connectivity index (χ1) is 5.95. The molecule has 4 nitrogen and oxygen atoms in total. The SMILES string of the molecule is Cc1nn(C)c(N(C)C)c1C(N)=S. The van der Waals surface area contributed by atoms with Crippen molar-refractivity contribution in [2.45, 2.75) is 6.92 Å². The molecule has 1 aromatic heterocycles. The summed E-state index contributed by atoms with van der Waals surface area (Å²) in [5, 5.41) is 4.26. The second-order valence-corrected chi connectivity index (χ2v) is 3.61. The van der Waals surface area contributed by atoms with Gasteiger partial charge in [-0.1, -0.05) is 12.2 Å². The van der Waals surface area contributed by atoms with Crippen LogP contribution in [0.15, 0.2) is 0 Å². The Hall–Kier alpha value is -1.10. The quantitative estimate of drug-likeness (QED) is 0.700. The lowest BCUT2D eigenvalue weighted by Crippen LogP contribution is -2.19. The van der Waals surface area contributed by atoms with E-state index < -0.39 is 0 Å². The fraction of sp³-hybridized carbons (Fsp3) is 0.500. The summed E-state index contributed by atoms with van der Waals surface area (Å²) in [6.07, 6.45) is 0. The van der Waals surface area contributed by atoms with Crippen LogP contribution >= 0.6 is 12.2 Å². The Morgan fingerprint density at radius 1 is 1.54 bits per heavy atom. The average Bonchev–Trinajstić information content (AvgIpc) is 2.24. The Bertz CT molecular complexity index is 340. The number of nitrogens with zero attached hydrogens (tertiary/aromatic N) is 3. The van der Waals surface area contributed by atoms with Crippen LogP contribution in [0.1, 0.15) is 11.3 Å². The van der Waals surface area contributed by atoms with E-state index in [1.54, 1.807) is 4.68 Å². The number of hydrogen-bond donors (Lipinski definition) is 1. The first kappa shape index (κ1) is 9.98. The molecule has 0 fully saturated rings. The maximum atomic E-state index is 5.62. The molecule has 2 N–H and O–H groups in total. The zero-order valence-electron chi connectivity index (χ0n) is 8.33. The Morgan fingerprint density at radius 3 is 2.38 bits per heavy atom. The molecule has 13 heavy (non-hydrogen) atoms. The second-order valence-electron chi connectivity index (χ2n) is 3.17. The lowest BCUT2D eigenvalue weighted by molar-refractivity contribution is 0.745. The minimum Gasteiger partial charge on any atom is -0.389 e. The molecule has 0 aliphatic heterocycles. The van der Waals surface area contributed by atoms with E-state index in [1.165, 1.54) is 0 Å². The Morgan fingerprint density at radius 2 is 2.08 bits per heavy atom. The van der Waals surface area contributed by atoms with E-state index in [1.807, 2.05) is 33.0 Å². The minimum atomic E-state index is 0.398. The largest absolute Gasteiger partial charge is 0.389 e. The molecule has 1 aromatic rings. The Kier molecular flexibility index (Phi) is 2.56. The first-order valence-corrected chi connectivity index (χ1v) is 4.36. The van der Waals surface area contributed by atoms with Gasteiger partial charge in [0.25, 0.3) is 0 Å². The number of thiocarbonyl (C=S) groups is 1. The molecule has 0 aromatic carbocycles. The molecular weight excluding hydrogens is 184 g/mol. The van der Waals surface area contributed by atoms with Gasteiger partial charge in [0.1, 0.15) is 10.8 Å². The lowest BCUT2D eigenvalue weighted by Gasteiger charge is -2.14. The van der Waals surface area contributed by atoms with Gasteiger partial charge in [-0.2, -0.15) is 5.10 Å². The van der Waals surface area contributed by atoms with Crippen molar-refractivity contribution < 1.29 is 0 Å². The average molecular weight is 198 g/mol. The van der Waals surface area contributed by atoms with Gasteiger partial charge in [0, 0.05) is 21.1 Å². The highest BCUT2D eigenvalue weighted by Gasteiger charge is 2.16. The summed E-state index contributed by atoms with van der Waals surface area (Å²) in [4.78, 5) is 2.35. The van der Waals surface area contributed by atoms with Crippen LogP contribution in [-0.4, -0.2) is 28.9 Å². The molecule has 1 rings (SSSR count). The smallest absolute Gasteiger partial charge is 0.136 e. The van der Waals surface area contributed by atoms with Crippen molar-refractivity contribution in [2.24, 2.45) is 12.8 Å². The molecule has 1 heterocycles. The molecular formula is C8H14N4S. The molecule has 5 heteroatoms. The van der Waals surface area contributed by atoms with Crippen molar-refractivity contribution in [2.75, 3.05) is 19.0 Å². The summed E-state index contributed by atoms with van der Waals surface area (Å²) in [6.45, 7) is 1.90. The predicted molar refractivity (Wildman–Crippen MR) is 58.2 cm³/mol. The minimum absolute atomic E-state index is 0.398. The van der Waals surface area contributed by atoms with Gasteiger partial charge in [-0.15, -0.1) is 0 Å². The third-order valence-corrected chi connectivity index (χ3v) is 2.07.